The van der Waals surface area contributed by atoms with E-state index in [4.69, 9.17) is 0 Å². The Balaban J connectivity index is 1.88. The maximum absolute atomic E-state index is 12.2. The van der Waals surface area contributed by atoms with Crippen LogP contribution in [0.3, 0.4) is 0 Å². The van der Waals surface area contributed by atoms with Crippen molar-refractivity contribution in [1.82, 2.24) is 16.0 Å². The summed E-state index contributed by atoms with van der Waals surface area (Å²) in [6.45, 7) is 5.02. The molecule has 0 saturated heterocycles. The zero-order valence-electron chi connectivity index (χ0n) is 12.6. The van der Waals surface area contributed by atoms with E-state index in [9.17, 15) is 9.59 Å². The number of nitrogens with one attached hydrogen (secondary N) is 3. The molecule has 2 rings (SSSR count). The SMILES string of the molecule is CCCNC(=O)C(C)NC(=O)[C@@H]1Cc2ccccc2CN1. The van der Waals surface area contributed by atoms with E-state index in [1.54, 1.807) is 6.92 Å². The second kappa shape index (κ2) is 7.22. The van der Waals surface area contributed by atoms with Gasteiger partial charge in [0, 0.05) is 13.1 Å². The Labute approximate surface area is 125 Å². The van der Waals surface area contributed by atoms with Crippen molar-refractivity contribution >= 4 is 11.8 Å². The van der Waals surface area contributed by atoms with Crippen LogP contribution >= 0.6 is 0 Å². The molecular weight excluding hydrogens is 266 g/mol. The summed E-state index contributed by atoms with van der Waals surface area (Å²) in [5, 5.41) is 8.78. The van der Waals surface area contributed by atoms with E-state index in [1.807, 2.05) is 25.1 Å². The van der Waals surface area contributed by atoms with E-state index in [0.29, 0.717) is 19.5 Å². The van der Waals surface area contributed by atoms with Gasteiger partial charge < -0.3 is 16.0 Å². The summed E-state index contributed by atoms with van der Waals surface area (Å²) in [5.74, 6) is -0.259. The molecular formula is C16H23N3O2. The van der Waals surface area contributed by atoms with E-state index in [1.165, 1.54) is 11.1 Å². The van der Waals surface area contributed by atoms with Crippen LogP contribution in [0.2, 0.25) is 0 Å². The van der Waals surface area contributed by atoms with E-state index < -0.39 is 6.04 Å². The van der Waals surface area contributed by atoms with Crippen molar-refractivity contribution < 1.29 is 9.59 Å². The molecule has 3 N–H and O–H groups in total. The summed E-state index contributed by atoms with van der Waals surface area (Å²) in [6, 6.07) is 7.32. The summed E-state index contributed by atoms with van der Waals surface area (Å²) in [6.07, 6.45) is 1.54. The van der Waals surface area contributed by atoms with Crippen molar-refractivity contribution in [2.75, 3.05) is 6.54 Å². The van der Waals surface area contributed by atoms with Crippen molar-refractivity contribution in [2.24, 2.45) is 0 Å². The van der Waals surface area contributed by atoms with Gasteiger partial charge in [0.05, 0.1) is 6.04 Å². The van der Waals surface area contributed by atoms with Crippen molar-refractivity contribution in [3.63, 3.8) is 0 Å². The molecule has 2 atom stereocenters. The molecule has 1 aliphatic rings. The van der Waals surface area contributed by atoms with Gasteiger partial charge in [-0.15, -0.1) is 0 Å². The van der Waals surface area contributed by atoms with Gasteiger partial charge in [0.2, 0.25) is 11.8 Å². The van der Waals surface area contributed by atoms with E-state index >= 15 is 0 Å². The molecule has 0 fully saturated rings. The molecule has 21 heavy (non-hydrogen) atoms. The monoisotopic (exact) mass is 289 g/mol. The first-order chi connectivity index (χ1) is 10.1. The van der Waals surface area contributed by atoms with Crippen LogP contribution < -0.4 is 16.0 Å². The number of hydrogen-bond donors (Lipinski definition) is 3. The molecule has 5 heteroatoms. The van der Waals surface area contributed by atoms with Crippen molar-refractivity contribution in [3.8, 4) is 0 Å². The van der Waals surface area contributed by atoms with E-state index in [0.717, 1.165) is 6.42 Å². The summed E-state index contributed by atoms with van der Waals surface area (Å²) in [7, 11) is 0. The van der Waals surface area contributed by atoms with Gasteiger partial charge in [-0.25, -0.2) is 0 Å². The number of amides is 2. The predicted molar refractivity (Wildman–Crippen MR) is 81.7 cm³/mol. The number of rotatable bonds is 5. The Morgan fingerprint density at radius 3 is 2.76 bits per heavy atom. The highest BCUT2D eigenvalue weighted by atomic mass is 16.2. The molecule has 1 unspecified atom stereocenters. The standard InChI is InChI=1S/C16H23N3O2/c1-3-8-17-15(20)11(2)19-16(21)14-9-12-6-4-5-7-13(12)10-18-14/h4-7,11,14,18H,3,8-10H2,1-2H3,(H,17,20)(H,19,21)/t11?,14-/m0/s1. The third kappa shape index (κ3) is 4.04. The smallest absolute Gasteiger partial charge is 0.242 e. The summed E-state index contributed by atoms with van der Waals surface area (Å²) in [5.41, 5.74) is 2.43. The van der Waals surface area contributed by atoms with Gasteiger partial charge in [0.25, 0.3) is 0 Å². The molecule has 0 radical (unpaired) electrons. The van der Waals surface area contributed by atoms with Crippen molar-refractivity contribution in [3.05, 3.63) is 35.4 Å². The fourth-order valence-corrected chi connectivity index (χ4v) is 2.42. The molecule has 0 saturated carbocycles. The molecule has 114 valence electrons. The number of benzene rings is 1. The molecule has 0 aromatic heterocycles. The third-order valence-electron chi connectivity index (χ3n) is 3.70. The molecule has 1 aromatic rings. The summed E-state index contributed by atoms with van der Waals surface area (Å²) in [4.78, 5) is 24.0. The summed E-state index contributed by atoms with van der Waals surface area (Å²) < 4.78 is 0. The van der Waals surface area contributed by atoms with Crippen LogP contribution in [0.15, 0.2) is 24.3 Å². The van der Waals surface area contributed by atoms with Crippen molar-refractivity contribution in [1.29, 1.82) is 0 Å². The molecule has 1 heterocycles. The Hall–Kier alpha value is -1.88. The van der Waals surface area contributed by atoms with Crippen molar-refractivity contribution in [2.45, 2.75) is 45.3 Å². The molecule has 0 spiro atoms. The quantitative estimate of drug-likeness (QED) is 0.748. The Morgan fingerprint density at radius 2 is 2.05 bits per heavy atom. The lowest BCUT2D eigenvalue weighted by atomic mass is 9.95. The highest BCUT2D eigenvalue weighted by Gasteiger charge is 2.26. The number of hydrogen-bond acceptors (Lipinski definition) is 3. The fraction of sp³-hybridized carbons (Fsp3) is 0.500. The van der Waals surface area contributed by atoms with Crippen LogP contribution in [0.25, 0.3) is 0 Å². The lowest BCUT2D eigenvalue weighted by Crippen LogP contribution is -2.53. The average Bonchev–Trinajstić information content (AvgIpc) is 2.51. The lowest BCUT2D eigenvalue weighted by molar-refractivity contribution is -0.129. The Bertz CT molecular complexity index is 516. The van der Waals surface area contributed by atoms with Crippen LogP contribution in [0, 0.1) is 0 Å². The largest absolute Gasteiger partial charge is 0.354 e. The van der Waals surface area contributed by atoms with Crippen LogP contribution in [0.5, 0.6) is 0 Å². The van der Waals surface area contributed by atoms with Gasteiger partial charge >= 0.3 is 0 Å². The maximum Gasteiger partial charge on any atom is 0.242 e. The first kappa shape index (κ1) is 15.5. The fourth-order valence-electron chi connectivity index (χ4n) is 2.42. The number of carbonyl (C=O) groups excluding carboxylic acids is 2. The lowest BCUT2D eigenvalue weighted by Gasteiger charge is -2.26. The number of carbonyl (C=O) groups is 2. The van der Waals surface area contributed by atoms with Gasteiger partial charge in [-0.05, 0) is 30.9 Å². The number of fused-ring (bicyclic) bond motifs is 1. The summed E-state index contributed by atoms with van der Waals surface area (Å²) >= 11 is 0. The van der Waals surface area contributed by atoms with Crippen LogP contribution in [-0.4, -0.2) is 30.4 Å². The Kier molecular flexibility index (Phi) is 5.33. The average molecular weight is 289 g/mol. The van der Waals surface area contributed by atoms with E-state index in [2.05, 4.69) is 22.0 Å². The van der Waals surface area contributed by atoms with Gasteiger partial charge in [-0.3, -0.25) is 9.59 Å². The Morgan fingerprint density at radius 1 is 1.33 bits per heavy atom. The zero-order valence-corrected chi connectivity index (χ0v) is 12.6. The molecule has 1 aromatic carbocycles. The van der Waals surface area contributed by atoms with Crippen LogP contribution in [-0.2, 0) is 22.6 Å². The van der Waals surface area contributed by atoms with Gasteiger partial charge in [0.1, 0.15) is 6.04 Å². The minimum atomic E-state index is -0.511. The van der Waals surface area contributed by atoms with E-state index in [-0.39, 0.29) is 17.9 Å². The minimum Gasteiger partial charge on any atom is -0.354 e. The van der Waals surface area contributed by atoms with Gasteiger partial charge in [-0.2, -0.15) is 0 Å². The first-order valence-electron chi connectivity index (χ1n) is 7.50. The highest BCUT2D eigenvalue weighted by molar-refractivity contribution is 5.89. The maximum atomic E-state index is 12.2. The molecule has 0 aliphatic carbocycles. The second-order valence-corrected chi connectivity index (χ2v) is 5.43. The minimum absolute atomic E-state index is 0.122. The molecule has 1 aliphatic heterocycles. The first-order valence-corrected chi connectivity index (χ1v) is 7.50. The van der Waals surface area contributed by atoms with Crippen LogP contribution in [0.4, 0.5) is 0 Å². The third-order valence-corrected chi connectivity index (χ3v) is 3.70. The molecule has 0 bridgehead atoms. The molecule has 5 nitrogen and oxygen atoms in total. The topological polar surface area (TPSA) is 70.2 Å². The highest BCUT2D eigenvalue weighted by Crippen LogP contribution is 2.16. The molecule has 2 amide bonds. The normalized spacial score (nSPS) is 18.5. The predicted octanol–water partition coefficient (Wildman–Crippen LogP) is 0.732. The van der Waals surface area contributed by atoms with Gasteiger partial charge in [0.15, 0.2) is 0 Å². The van der Waals surface area contributed by atoms with Gasteiger partial charge in [-0.1, -0.05) is 31.2 Å². The second-order valence-electron chi connectivity index (χ2n) is 5.43. The van der Waals surface area contributed by atoms with Crippen LogP contribution in [0.1, 0.15) is 31.4 Å². The zero-order chi connectivity index (χ0) is 15.2.